The number of hydrogen-bond donors (Lipinski definition) is 1. The lowest BCUT2D eigenvalue weighted by atomic mass is 10.1. The summed E-state index contributed by atoms with van der Waals surface area (Å²) in [5.41, 5.74) is 2.63. The van der Waals surface area contributed by atoms with Gasteiger partial charge in [-0.2, -0.15) is 0 Å². The molecule has 0 aliphatic heterocycles. The lowest BCUT2D eigenvalue weighted by Crippen LogP contribution is -2.13. The fourth-order valence-corrected chi connectivity index (χ4v) is 2.29. The van der Waals surface area contributed by atoms with Crippen LogP contribution < -0.4 is 5.32 Å². The molecule has 0 aliphatic carbocycles. The molecule has 3 rings (SSSR count). The maximum absolute atomic E-state index is 13.6. The Labute approximate surface area is 121 Å². The van der Waals surface area contributed by atoms with Gasteiger partial charge in [0.05, 0.1) is 5.69 Å². The molecule has 4 heteroatoms. The van der Waals surface area contributed by atoms with Gasteiger partial charge < -0.3 is 9.73 Å². The zero-order valence-corrected chi connectivity index (χ0v) is 11.7. The number of amides is 1. The third kappa shape index (κ3) is 2.40. The van der Waals surface area contributed by atoms with E-state index in [1.807, 2.05) is 32.0 Å². The molecule has 3 aromatic rings. The Morgan fingerprint density at radius 2 is 1.90 bits per heavy atom. The number of rotatable bonds is 2. The zero-order chi connectivity index (χ0) is 15.0. The van der Waals surface area contributed by atoms with Crippen LogP contribution >= 0.6 is 0 Å². The summed E-state index contributed by atoms with van der Waals surface area (Å²) in [6, 6.07) is 11.8. The van der Waals surface area contributed by atoms with Crippen LogP contribution in [0.5, 0.6) is 0 Å². The van der Waals surface area contributed by atoms with Gasteiger partial charge in [-0.1, -0.05) is 23.8 Å². The summed E-state index contributed by atoms with van der Waals surface area (Å²) >= 11 is 0. The fourth-order valence-electron chi connectivity index (χ4n) is 2.29. The Morgan fingerprint density at radius 1 is 1.14 bits per heavy atom. The van der Waals surface area contributed by atoms with Crippen LogP contribution in [-0.2, 0) is 0 Å². The van der Waals surface area contributed by atoms with Crippen molar-refractivity contribution in [2.45, 2.75) is 13.8 Å². The first-order valence-corrected chi connectivity index (χ1v) is 6.62. The highest BCUT2D eigenvalue weighted by Gasteiger charge is 2.18. The van der Waals surface area contributed by atoms with E-state index in [1.165, 1.54) is 12.1 Å². The van der Waals surface area contributed by atoms with Crippen LogP contribution in [0.3, 0.4) is 0 Å². The largest absolute Gasteiger partial charge is 0.451 e. The third-order valence-corrected chi connectivity index (χ3v) is 3.42. The van der Waals surface area contributed by atoms with Gasteiger partial charge in [0.15, 0.2) is 5.76 Å². The monoisotopic (exact) mass is 283 g/mol. The van der Waals surface area contributed by atoms with Gasteiger partial charge in [0.25, 0.3) is 5.91 Å². The van der Waals surface area contributed by atoms with Gasteiger partial charge in [-0.3, -0.25) is 4.79 Å². The predicted molar refractivity (Wildman–Crippen MR) is 80.0 cm³/mol. The van der Waals surface area contributed by atoms with Gasteiger partial charge in [0, 0.05) is 10.9 Å². The van der Waals surface area contributed by atoms with Crippen molar-refractivity contribution in [1.82, 2.24) is 0 Å². The van der Waals surface area contributed by atoms with Crippen molar-refractivity contribution in [3.05, 3.63) is 65.2 Å². The number of halogens is 1. The van der Waals surface area contributed by atoms with Crippen molar-refractivity contribution < 1.29 is 13.6 Å². The summed E-state index contributed by atoms with van der Waals surface area (Å²) < 4.78 is 19.2. The molecule has 2 aromatic carbocycles. The molecule has 0 unspecified atom stereocenters. The Kier molecular flexibility index (Phi) is 3.22. The molecular formula is C17H14FNO2. The minimum atomic E-state index is -0.476. The number of aryl methyl sites for hydroxylation is 2. The van der Waals surface area contributed by atoms with Crippen LogP contribution in [0.4, 0.5) is 10.1 Å². The second-order valence-electron chi connectivity index (χ2n) is 4.99. The lowest BCUT2D eigenvalue weighted by molar-refractivity contribution is 0.0997. The maximum Gasteiger partial charge on any atom is 0.291 e. The molecule has 1 heterocycles. The van der Waals surface area contributed by atoms with E-state index in [9.17, 15) is 9.18 Å². The number of para-hydroxylation sites is 1. The highest BCUT2D eigenvalue weighted by molar-refractivity contribution is 6.06. The van der Waals surface area contributed by atoms with Crippen molar-refractivity contribution in [2.75, 3.05) is 5.32 Å². The molecule has 1 amide bonds. The van der Waals surface area contributed by atoms with Crippen LogP contribution in [0.2, 0.25) is 0 Å². The molecule has 3 nitrogen and oxygen atoms in total. The van der Waals surface area contributed by atoms with Gasteiger partial charge in [0.2, 0.25) is 0 Å². The number of furan rings is 1. The first-order valence-electron chi connectivity index (χ1n) is 6.62. The van der Waals surface area contributed by atoms with E-state index in [-0.39, 0.29) is 11.4 Å². The van der Waals surface area contributed by atoms with Crippen molar-refractivity contribution in [2.24, 2.45) is 0 Å². The van der Waals surface area contributed by atoms with E-state index in [1.54, 1.807) is 12.1 Å². The normalized spacial score (nSPS) is 10.8. The van der Waals surface area contributed by atoms with Crippen molar-refractivity contribution in [3.8, 4) is 0 Å². The molecule has 106 valence electrons. The molecule has 0 spiro atoms. The van der Waals surface area contributed by atoms with Crippen LogP contribution in [0.25, 0.3) is 11.0 Å². The zero-order valence-electron chi connectivity index (χ0n) is 11.7. The van der Waals surface area contributed by atoms with Crippen molar-refractivity contribution in [3.63, 3.8) is 0 Å². The minimum Gasteiger partial charge on any atom is -0.451 e. The second kappa shape index (κ2) is 5.05. The summed E-state index contributed by atoms with van der Waals surface area (Å²) in [4.78, 5) is 12.3. The summed E-state index contributed by atoms with van der Waals surface area (Å²) in [5, 5.41) is 3.43. The lowest BCUT2D eigenvalue weighted by Gasteiger charge is -2.04. The first kappa shape index (κ1) is 13.4. The van der Waals surface area contributed by atoms with E-state index >= 15 is 0 Å². The molecule has 0 aliphatic rings. The quantitative estimate of drug-likeness (QED) is 0.755. The number of anilines is 1. The Morgan fingerprint density at radius 3 is 2.67 bits per heavy atom. The predicted octanol–water partition coefficient (Wildman–Crippen LogP) is 4.44. The number of benzene rings is 2. The molecule has 0 saturated carbocycles. The van der Waals surface area contributed by atoms with Crippen LogP contribution in [0.15, 0.2) is 46.9 Å². The van der Waals surface area contributed by atoms with Crippen LogP contribution in [-0.4, -0.2) is 5.91 Å². The summed E-state index contributed by atoms with van der Waals surface area (Å²) in [6.07, 6.45) is 0. The molecule has 21 heavy (non-hydrogen) atoms. The van der Waals surface area contributed by atoms with E-state index in [0.29, 0.717) is 5.58 Å². The molecule has 0 bridgehead atoms. The molecule has 0 fully saturated rings. The average molecular weight is 283 g/mol. The third-order valence-electron chi connectivity index (χ3n) is 3.42. The van der Waals surface area contributed by atoms with Gasteiger partial charge >= 0.3 is 0 Å². The standard InChI is InChI=1S/C17H14FNO2/c1-10-7-8-15-12(9-10)11(2)16(21-15)17(20)19-14-6-4-3-5-13(14)18/h3-9H,1-2H3,(H,19,20). The van der Waals surface area contributed by atoms with Crippen molar-refractivity contribution >= 4 is 22.6 Å². The van der Waals surface area contributed by atoms with Gasteiger partial charge in [-0.15, -0.1) is 0 Å². The SMILES string of the molecule is Cc1ccc2oc(C(=O)Nc3ccccc3F)c(C)c2c1. The number of carbonyl (C=O) groups excluding carboxylic acids is 1. The molecule has 0 radical (unpaired) electrons. The molecule has 1 N–H and O–H groups in total. The van der Waals surface area contributed by atoms with Gasteiger partial charge in [-0.25, -0.2) is 4.39 Å². The number of carbonyl (C=O) groups is 1. The average Bonchev–Trinajstić information content (AvgIpc) is 2.79. The van der Waals surface area contributed by atoms with Gasteiger partial charge in [-0.05, 0) is 38.1 Å². The van der Waals surface area contributed by atoms with Crippen LogP contribution in [0.1, 0.15) is 21.7 Å². The Bertz CT molecular complexity index is 836. The molecule has 0 saturated heterocycles. The van der Waals surface area contributed by atoms with E-state index in [4.69, 9.17) is 4.42 Å². The van der Waals surface area contributed by atoms with E-state index in [0.717, 1.165) is 16.5 Å². The Hall–Kier alpha value is -2.62. The second-order valence-corrected chi connectivity index (χ2v) is 4.99. The Balaban J connectivity index is 1.99. The van der Waals surface area contributed by atoms with Gasteiger partial charge in [0.1, 0.15) is 11.4 Å². The van der Waals surface area contributed by atoms with E-state index in [2.05, 4.69) is 5.32 Å². The number of fused-ring (bicyclic) bond motifs is 1. The van der Waals surface area contributed by atoms with E-state index < -0.39 is 11.7 Å². The molecule has 0 atom stereocenters. The summed E-state index contributed by atoms with van der Waals surface area (Å²) in [7, 11) is 0. The summed E-state index contributed by atoms with van der Waals surface area (Å²) in [6.45, 7) is 3.80. The van der Waals surface area contributed by atoms with Crippen LogP contribution in [0, 0.1) is 19.7 Å². The highest BCUT2D eigenvalue weighted by atomic mass is 19.1. The smallest absolute Gasteiger partial charge is 0.291 e. The summed E-state index contributed by atoms with van der Waals surface area (Å²) in [5.74, 6) is -0.722. The highest BCUT2D eigenvalue weighted by Crippen LogP contribution is 2.27. The number of hydrogen-bond acceptors (Lipinski definition) is 2. The van der Waals surface area contributed by atoms with Crippen molar-refractivity contribution in [1.29, 1.82) is 0 Å². The molecular weight excluding hydrogens is 269 g/mol. The first-order chi connectivity index (χ1) is 10.1. The number of nitrogens with one attached hydrogen (secondary N) is 1. The maximum atomic E-state index is 13.6. The minimum absolute atomic E-state index is 0.138. The fraction of sp³-hybridized carbons (Fsp3) is 0.118. The topological polar surface area (TPSA) is 42.2 Å². The molecule has 1 aromatic heterocycles.